The second kappa shape index (κ2) is 8.17. The third-order valence-corrected chi connectivity index (χ3v) is 4.08. The summed E-state index contributed by atoms with van der Waals surface area (Å²) in [6, 6.07) is 18.5. The molecule has 0 heterocycles. The Morgan fingerprint density at radius 3 is 2.21 bits per heavy atom. The molecule has 0 bridgehead atoms. The van der Waals surface area contributed by atoms with Gasteiger partial charge in [-0.25, -0.2) is 0 Å². The van der Waals surface area contributed by atoms with E-state index in [0.29, 0.717) is 35.3 Å². The van der Waals surface area contributed by atoms with Gasteiger partial charge in [0.1, 0.15) is 18.1 Å². The quantitative estimate of drug-likeness (QED) is 0.491. The van der Waals surface area contributed by atoms with Crippen molar-refractivity contribution in [3.8, 4) is 22.6 Å². The molecule has 0 saturated carbocycles. The maximum absolute atomic E-state index is 12.3. The molecule has 3 aromatic rings. The lowest BCUT2D eigenvalue weighted by molar-refractivity contribution is -0.274. The minimum atomic E-state index is -4.74. The molecule has 0 saturated heterocycles. The van der Waals surface area contributed by atoms with E-state index in [2.05, 4.69) is 4.74 Å². The molecular formula is C22H17F3O3. The number of benzene rings is 3. The summed E-state index contributed by atoms with van der Waals surface area (Å²) in [7, 11) is 0. The third kappa shape index (κ3) is 4.91. The molecular weight excluding hydrogens is 369 g/mol. The summed E-state index contributed by atoms with van der Waals surface area (Å²) in [5.74, 6) is 0.186. The molecule has 0 aliphatic rings. The van der Waals surface area contributed by atoms with Gasteiger partial charge in [0.15, 0.2) is 6.29 Å². The molecule has 0 atom stereocenters. The molecule has 3 aromatic carbocycles. The van der Waals surface area contributed by atoms with Crippen LogP contribution in [0.15, 0.2) is 66.7 Å². The average Bonchev–Trinajstić information content (AvgIpc) is 2.66. The van der Waals surface area contributed by atoms with Gasteiger partial charge >= 0.3 is 6.36 Å². The molecule has 0 aliphatic heterocycles. The molecule has 0 unspecified atom stereocenters. The monoisotopic (exact) mass is 386 g/mol. The van der Waals surface area contributed by atoms with E-state index in [-0.39, 0.29) is 5.75 Å². The minimum absolute atomic E-state index is 0.300. The predicted octanol–water partition coefficient (Wildman–Crippen LogP) is 5.95. The Kier molecular flexibility index (Phi) is 5.68. The van der Waals surface area contributed by atoms with Crippen molar-refractivity contribution in [3.05, 3.63) is 83.4 Å². The molecule has 0 N–H and O–H groups in total. The van der Waals surface area contributed by atoms with Gasteiger partial charge in [-0.3, -0.25) is 4.79 Å². The first-order valence-electron chi connectivity index (χ1n) is 8.48. The van der Waals surface area contributed by atoms with Crippen molar-refractivity contribution in [3.63, 3.8) is 0 Å². The Morgan fingerprint density at radius 2 is 1.61 bits per heavy atom. The number of hydrogen-bond acceptors (Lipinski definition) is 3. The van der Waals surface area contributed by atoms with E-state index in [4.69, 9.17) is 4.74 Å². The molecule has 0 radical (unpaired) electrons. The maximum Gasteiger partial charge on any atom is 0.573 e. The lowest BCUT2D eigenvalue weighted by atomic mass is 9.99. The van der Waals surface area contributed by atoms with Crippen molar-refractivity contribution in [1.82, 2.24) is 0 Å². The normalized spacial score (nSPS) is 11.1. The first-order valence-corrected chi connectivity index (χ1v) is 8.48. The topological polar surface area (TPSA) is 35.5 Å². The van der Waals surface area contributed by atoms with Gasteiger partial charge in [0.25, 0.3) is 0 Å². The number of aryl methyl sites for hydroxylation is 1. The fourth-order valence-electron chi connectivity index (χ4n) is 2.83. The van der Waals surface area contributed by atoms with Crippen molar-refractivity contribution >= 4 is 6.29 Å². The summed E-state index contributed by atoms with van der Waals surface area (Å²) in [5, 5.41) is 0. The zero-order chi connectivity index (χ0) is 20.1. The van der Waals surface area contributed by atoms with Crippen LogP contribution < -0.4 is 9.47 Å². The van der Waals surface area contributed by atoms with Crippen LogP contribution >= 0.6 is 0 Å². The number of carbonyl (C=O) groups excluding carboxylic acids is 1. The second-order valence-electron chi connectivity index (χ2n) is 6.18. The molecule has 144 valence electrons. The maximum atomic E-state index is 12.3. The van der Waals surface area contributed by atoms with Crippen molar-refractivity contribution in [2.75, 3.05) is 0 Å². The van der Waals surface area contributed by atoms with E-state index in [1.165, 1.54) is 24.3 Å². The van der Waals surface area contributed by atoms with Crippen LogP contribution in [0.1, 0.15) is 21.5 Å². The number of aldehydes is 1. The summed E-state index contributed by atoms with van der Waals surface area (Å²) < 4.78 is 46.6. The first-order chi connectivity index (χ1) is 13.4. The Balaban J connectivity index is 1.83. The zero-order valence-corrected chi connectivity index (χ0v) is 15.0. The number of hydrogen-bond donors (Lipinski definition) is 0. The standard InChI is InChI=1S/C22H17F3O3/c1-15-11-18(17-7-9-20(10-8-17)28-22(23,24)25)12-19(13-26)21(15)27-14-16-5-3-2-4-6-16/h2-13H,14H2,1H3. The fraction of sp³-hybridized carbons (Fsp3) is 0.136. The minimum Gasteiger partial charge on any atom is -0.488 e. The van der Waals surface area contributed by atoms with E-state index in [0.717, 1.165) is 11.1 Å². The van der Waals surface area contributed by atoms with Crippen molar-refractivity contribution in [1.29, 1.82) is 0 Å². The van der Waals surface area contributed by atoms with Gasteiger partial charge in [0.05, 0.1) is 5.56 Å². The molecule has 0 aromatic heterocycles. The Hall–Kier alpha value is -3.28. The van der Waals surface area contributed by atoms with Crippen molar-refractivity contribution in [2.24, 2.45) is 0 Å². The Bertz CT molecular complexity index is 949. The molecule has 3 rings (SSSR count). The average molecular weight is 386 g/mol. The summed E-state index contributed by atoms with van der Waals surface area (Å²) in [6.07, 6.45) is -4.03. The van der Waals surface area contributed by atoms with Gasteiger partial charge in [0, 0.05) is 0 Å². The highest BCUT2D eigenvalue weighted by Gasteiger charge is 2.30. The molecule has 0 aliphatic carbocycles. The van der Waals surface area contributed by atoms with Gasteiger partial charge in [-0.2, -0.15) is 0 Å². The highest BCUT2D eigenvalue weighted by atomic mass is 19.4. The van der Waals surface area contributed by atoms with Crippen molar-refractivity contribution in [2.45, 2.75) is 19.9 Å². The van der Waals surface area contributed by atoms with Crippen LogP contribution in [-0.2, 0) is 6.61 Å². The van der Waals surface area contributed by atoms with E-state index in [1.807, 2.05) is 43.3 Å². The lowest BCUT2D eigenvalue weighted by Crippen LogP contribution is -2.16. The molecule has 6 heteroatoms. The SMILES string of the molecule is Cc1cc(-c2ccc(OC(F)(F)F)cc2)cc(C=O)c1OCc1ccccc1. The number of halogens is 3. The van der Waals surface area contributed by atoms with E-state index < -0.39 is 6.36 Å². The molecule has 0 fully saturated rings. The third-order valence-electron chi connectivity index (χ3n) is 4.08. The largest absolute Gasteiger partial charge is 0.573 e. The highest BCUT2D eigenvalue weighted by Crippen LogP contribution is 2.32. The molecule has 0 amide bonds. The van der Waals surface area contributed by atoms with Gasteiger partial charge in [-0.1, -0.05) is 42.5 Å². The first kappa shape index (κ1) is 19.5. The summed E-state index contributed by atoms with van der Waals surface area (Å²) >= 11 is 0. The van der Waals surface area contributed by atoms with Gasteiger partial charge in [0.2, 0.25) is 0 Å². The van der Waals surface area contributed by atoms with Gasteiger partial charge in [-0.15, -0.1) is 13.2 Å². The van der Waals surface area contributed by atoms with Crippen LogP contribution in [0.25, 0.3) is 11.1 Å². The lowest BCUT2D eigenvalue weighted by Gasteiger charge is -2.14. The van der Waals surface area contributed by atoms with Crippen molar-refractivity contribution < 1.29 is 27.4 Å². The number of ether oxygens (including phenoxy) is 2. The Morgan fingerprint density at radius 1 is 0.929 bits per heavy atom. The Labute approximate surface area is 160 Å². The van der Waals surface area contributed by atoms with Gasteiger partial charge in [-0.05, 0) is 53.4 Å². The van der Waals surface area contributed by atoms with E-state index in [1.54, 1.807) is 6.07 Å². The molecule has 0 spiro atoms. The van der Waals surface area contributed by atoms with Crippen LogP contribution in [0, 0.1) is 6.92 Å². The number of carbonyl (C=O) groups is 1. The number of alkyl halides is 3. The van der Waals surface area contributed by atoms with Crippen LogP contribution in [0.4, 0.5) is 13.2 Å². The molecule has 28 heavy (non-hydrogen) atoms. The second-order valence-corrected chi connectivity index (χ2v) is 6.18. The van der Waals surface area contributed by atoms with Gasteiger partial charge < -0.3 is 9.47 Å². The molecule has 3 nitrogen and oxygen atoms in total. The summed E-state index contributed by atoms with van der Waals surface area (Å²) in [6.45, 7) is 2.14. The van der Waals surface area contributed by atoms with E-state index in [9.17, 15) is 18.0 Å². The van der Waals surface area contributed by atoms with E-state index >= 15 is 0 Å². The van der Waals surface area contributed by atoms with Crippen LogP contribution in [0.5, 0.6) is 11.5 Å². The van der Waals surface area contributed by atoms with Crippen LogP contribution in [0.2, 0.25) is 0 Å². The zero-order valence-electron chi connectivity index (χ0n) is 15.0. The van der Waals surface area contributed by atoms with Crippen LogP contribution in [-0.4, -0.2) is 12.6 Å². The predicted molar refractivity (Wildman–Crippen MR) is 99.5 cm³/mol. The summed E-state index contributed by atoms with van der Waals surface area (Å²) in [4.78, 5) is 11.6. The van der Waals surface area contributed by atoms with Crippen LogP contribution in [0.3, 0.4) is 0 Å². The highest BCUT2D eigenvalue weighted by molar-refractivity contribution is 5.84. The number of rotatable bonds is 6. The smallest absolute Gasteiger partial charge is 0.488 e. The fourth-order valence-corrected chi connectivity index (χ4v) is 2.83. The summed E-state index contributed by atoms with van der Waals surface area (Å²) in [5.41, 5.74) is 3.47.